The van der Waals surface area contributed by atoms with Crippen molar-refractivity contribution >= 4 is 21.9 Å². The molecule has 3 aromatic carbocycles. The molecule has 0 saturated heterocycles. The van der Waals surface area contributed by atoms with Crippen molar-refractivity contribution in [2.45, 2.75) is 6.92 Å². The molecular formula is C25H17NO2. The Morgan fingerprint density at radius 2 is 1.46 bits per heavy atom. The number of hydrogen-bond donors (Lipinski definition) is 0. The maximum absolute atomic E-state index is 12.9. The van der Waals surface area contributed by atoms with Gasteiger partial charge in [-0.3, -0.25) is 0 Å². The monoisotopic (exact) mass is 363 g/mol. The zero-order chi connectivity index (χ0) is 19.1. The fourth-order valence-corrected chi connectivity index (χ4v) is 3.62. The molecule has 5 rings (SSSR count). The van der Waals surface area contributed by atoms with Crippen LogP contribution in [-0.2, 0) is 0 Å². The Morgan fingerprint density at radius 3 is 2.18 bits per heavy atom. The summed E-state index contributed by atoms with van der Waals surface area (Å²) in [5.41, 5.74) is 5.60. The normalized spacial score (nSPS) is 11.2. The zero-order valence-electron chi connectivity index (χ0n) is 15.3. The van der Waals surface area contributed by atoms with Gasteiger partial charge >= 0.3 is 5.63 Å². The topological polar surface area (TPSA) is 43.1 Å². The van der Waals surface area contributed by atoms with Crippen molar-refractivity contribution < 1.29 is 4.42 Å². The van der Waals surface area contributed by atoms with Crippen molar-refractivity contribution in [1.82, 2.24) is 4.98 Å². The van der Waals surface area contributed by atoms with E-state index in [0.717, 1.165) is 33.3 Å². The van der Waals surface area contributed by atoms with Gasteiger partial charge in [-0.15, -0.1) is 0 Å². The Bertz CT molecular complexity index is 1370. The lowest BCUT2D eigenvalue weighted by Gasteiger charge is -2.11. The molecular weight excluding hydrogens is 346 g/mol. The van der Waals surface area contributed by atoms with Crippen molar-refractivity contribution in [3.05, 3.63) is 101 Å². The van der Waals surface area contributed by atoms with Gasteiger partial charge < -0.3 is 4.42 Å². The Hall–Kier alpha value is -3.72. The van der Waals surface area contributed by atoms with Crippen LogP contribution in [0, 0.1) is 6.92 Å². The summed E-state index contributed by atoms with van der Waals surface area (Å²) in [6, 6.07) is 27.7. The molecule has 0 aliphatic rings. The van der Waals surface area contributed by atoms with E-state index in [1.165, 1.54) is 0 Å². The minimum absolute atomic E-state index is 0.364. The van der Waals surface area contributed by atoms with Gasteiger partial charge in [0.2, 0.25) is 0 Å². The number of benzene rings is 3. The van der Waals surface area contributed by atoms with Gasteiger partial charge in [0.05, 0.1) is 16.6 Å². The van der Waals surface area contributed by atoms with Crippen LogP contribution >= 0.6 is 0 Å². The summed E-state index contributed by atoms with van der Waals surface area (Å²) in [6.45, 7) is 2.02. The molecule has 0 bridgehead atoms. The first-order chi connectivity index (χ1) is 13.7. The summed E-state index contributed by atoms with van der Waals surface area (Å²) >= 11 is 0. The molecule has 0 fully saturated rings. The molecule has 0 saturated carbocycles. The standard InChI is InChI=1S/C25H17NO2/c1-16-12-13-22-20(14-16)24-23(25(27)28-22)19(17-8-4-2-5-9-17)15-21(26-24)18-10-6-3-7-11-18/h2-15H,1H3. The third-order valence-corrected chi connectivity index (χ3v) is 4.97. The number of rotatable bonds is 2. The summed E-state index contributed by atoms with van der Waals surface area (Å²) in [5.74, 6) is 0. The van der Waals surface area contributed by atoms with E-state index >= 15 is 0 Å². The molecule has 5 aromatic rings. The van der Waals surface area contributed by atoms with Crippen LogP contribution in [0.2, 0.25) is 0 Å². The third kappa shape index (κ3) is 2.69. The Balaban J connectivity index is 1.98. The average molecular weight is 363 g/mol. The van der Waals surface area contributed by atoms with Crippen molar-refractivity contribution in [3.63, 3.8) is 0 Å². The quantitative estimate of drug-likeness (QED) is 0.286. The van der Waals surface area contributed by atoms with Gasteiger partial charge in [-0.05, 0) is 30.7 Å². The molecule has 2 heterocycles. The van der Waals surface area contributed by atoms with Crippen LogP contribution in [0.4, 0.5) is 0 Å². The number of aryl methyl sites for hydroxylation is 1. The molecule has 0 spiro atoms. The highest BCUT2D eigenvalue weighted by atomic mass is 16.4. The van der Waals surface area contributed by atoms with Gasteiger partial charge in [-0.1, -0.05) is 72.3 Å². The number of nitrogens with zero attached hydrogens (tertiary/aromatic N) is 1. The largest absolute Gasteiger partial charge is 0.422 e. The van der Waals surface area contributed by atoms with E-state index in [2.05, 4.69) is 0 Å². The fourth-order valence-electron chi connectivity index (χ4n) is 3.62. The first-order valence-corrected chi connectivity index (χ1v) is 9.20. The number of fused-ring (bicyclic) bond motifs is 3. The van der Waals surface area contributed by atoms with Crippen LogP contribution in [-0.4, -0.2) is 4.98 Å². The molecule has 0 N–H and O–H groups in total. The lowest BCUT2D eigenvalue weighted by Crippen LogP contribution is -2.04. The molecule has 3 nitrogen and oxygen atoms in total. The minimum Gasteiger partial charge on any atom is -0.422 e. The highest BCUT2D eigenvalue weighted by molar-refractivity contribution is 6.08. The molecule has 2 aromatic heterocycles. The van der Waals surface area contributed by atoms with E-state index in [4.69, 9.17) is 9.40 Å². The van der Waals surface area contributed by atoms with Gasteiger partial charge in [0.25, 0.3) is 0 Å². The Labute approximate surface area is 161 Å². The van der Waals surface area contributed by atoms with E-state index in [0.29, 0.717) is 16.5 Å². The van der Waals surface area contributed by atoms with E-state index in [-0.39, 0.29) is 5.63 Å². The molecule has 0 aliphatic heterocycles. The first kappa shape index (κ1) is 16.5. The highest BCUT2D eigenvalue weighted by Gasteiger charge is 2.16. The second kappa shape index (κ2) is 6.46. The second-order valence-corrected chi connectivity index (χ2v) is 6.90. The number of hydrogen-bond acceptors (Lipinski definition) is 3. The van der Waals surface area contributed by atoms with Gasteiger partial charge in [-0.25, -0.2) is 9.78 Å². The SMILES string of the molecule is Cc1ccc2oc(=O)c3c(-c4ccccc4)cc(-c4ccccc4)nc3c2c1. The minimum atomic E-state index is -0.364. The molecule has 0 aliphatic carbocycles. The van der Waals surface area contributed by atoms with Crippen molar-refractivity contribution in [2.75, 3.05) is 0 Å². The Kier molecular flexibility index (Phi) is 3.80. The van der Waals surface area contributed by atoms with Crippen molar-refractivity contribution in [2.24, 2.45) is 0 Å². The van der Waals surface area contributed by atoms with E-state index in [1.807, 2.05) is 91.9 Å². The summed E-state index contributed by atoms with van der Waals surface area (Å²) in [5, 5.41) is 1.37. The highest BCUT2D eigenvalue weighted by Crippen LogP contribution is 2.33. The zero-order valence-corrected chi connectivity index (χ0v) is 15.3. The van der Waals surface area contributed by atoms with Crippen LogP contribution in [0.1, 0.15) is 5.56 Å². The van der Waals surface area contributed by atoms with Gasteiger partial charge in [-0.2, -0.15) is 0 Å². The number of aromatic nitrogens is 1. The summed E-state index contributed by atoms with van der Waals surface area (Å²) in [7, 11) is 0. The molecule has 0 unspecified atom stereocenters. The third-order valence-electron chi connectivity index (χ3n) is 4.97. The van der Waals surface area contributed by atoms with Gasteiger partial charge in [0.1, 0.15) is 5.58 Å². The van der Waals surface area contributed by atoms with Crippen LogP contribution in [0.25, 0.3) is 44.3 Å². The van der Waals surface area contributed by atoms with E-state index in [9.17, 15) is 4.79 Å². The molecule has 0 amide bonds. The molecule has 28 heavy (non-hydrogen) atoms. The smallest absolute Gasteiger partial charge is 0.346 e. The molecule has 0 radical (unpaired) electrons. The predicted molar refractivity (Wildman–Crippen MR) is 113 cm³/mol. The maximum Gasteiger partial charge on any atom is 0.346 e. The predicted octanol–water partition coefficient (Wildman–Crippen LogP) is 5.98. The fraction of sp³-hybridized carbons (Fsp3) is 0.0400. The summed E-state index contributed by atoms with van der Waals surface area (Å²) in [4.78, 5) is 17.8. The lowest BCUT2D eigenvalue weighted by molar-refractivity contribution is 0.569. The van der Waals surface area contributed by atoms with E-state index in [1.54, 1.807) is 0 Å². The van der Waals surface area contributed by atoms with Crippen LogP contribution < -0.4 is 5.63 Å². The van der Waals surface area contributed by atoms with E-state index < -0.39 is 0 Å². The van der Waals surface area contributed by atoms with Crippen LogP contribution in [0.3, 0.4) is 0 Å². The summed E-state index contributed by atoms with van der Waals surface area (Å²) < 4.78 is 5.64. The lowest BCUT2D eigenvalue weighted by atomic mass is 9.98. The van der Waals surface area contributed by atoms with Crippen LogP contribution in [0.15, 0.2) is 94.1 Å². The summed E-state index contributed by atoms with van der Waals surface area (Å²) in [6.07, 6.45) is 0. The van der Waals surface area contributed by atoms with Gasteiger partial charge in [0, 0.05) is 16.5 Å². The molecule has 3 heteroatoms. The van der Waals surface area contributed by atoms with Crippen LogP contribution in [0.5, 0.6) is 0 Å². The van der Waals surface area contributed by atoms with Gasteiger partial charge in [0.15, 0.2) is 0 Å². The molecule has 134 valence electrons. The number of pyridine rings is 1. The molecule has 0 atom stereocenters. The average Bonchev–Trinajstić information content (AvgIpc) is 2.75. The van der Waals surface area contributed by atoms with Crippen molar-refractivity contribution in [1.29, 1.82) is 0 Å². The van der Waals surface area contributed by atoms with Crippen molar-refractivity contribution in [3.8, 4) is 22.4 Å². The second-order valence-electron chi connectivity index (χ2n) is 6.90. The maximum atomic E-state index is 12.9. The Morgan fingerprint density at radius 1 is 0.786 bits per heavy atom. The first-order valence-electron chi connectivity index (χ1n) is 9.20.